The van der Waals surface area contributed by atoms with Crippen LogP contribution in [0.2, 0.25) is 0 Å². The zero-order chi connectivity index (χ0) is 10.4. The van der Waals surface area contributed by atoms with Crippen molar-refractivity contribution in [3.63, 3.8) is 0 Å². The van der Waals surface area contributed by atoms with Crippen LogP contribution in [-0.4, -0.2) is 23.5 Å². The molecule has 0 heterocycles. The molecule has 1 rings (SSSR count). The minimum Gasteiger partial charge on any atom is -0.481 e. The van der Waals surface area contributed by atoms with Crippen molar-refractivity contribution in [3.8, 4) is 0 Å². The van der Waals surface area contributed by atoms with Crippen molar-refractivity contribution in [2.75, 3.05) is 12.4 Å². The molecule has 0 fully saturated rings. The number of carboxylic acids is 1. The van der Waals surface area contributed by atoms with Gasteiger partial charge in [-0.15, -0.1) is 11.8 Å². The molecule has 0 aromatic heterocycles. The van der Waals surface area contributed by atoms with Gasteiger partial charge < -0.3 is 5.11 Å². The number of benzene rings is 1. The summed E-state index contributed by atoms with van der Waals surface area (Å²) in [6.45, 7) is -0.367. The van der Waals surface area contributed by atoms with E-state index in [4.69, 9.17) is 5.11 Å². The van der Waals surface area contributed by atoms with E-state index in [2.05, 4.69) is 0 Å². The largest absolute Gasteiger partial charge is 0.481 e. The molecular weight excluding hydrogens is 203 g/mol. The molecule has 0 saturated carbocycles. The fourth-order valence-electron chi connectivity index (χ4n) is 1.08. The second-order valence-electron chi connectivity index (χ2n) is 2.76. The van der Waals surface area contributed by atoms with Gasteiger partial charge in [0.15, 0.2) is 0 Å². The molecule has 1 aromatic carbocycles. The van der Waals surface area contributed by atoms with E-state index >= 15 is 0 Å². The summed E-state index contributed by atoms with van der Waals surface area (Å²) in [5, 5.41) is 8.57. The Bertz CT molecular complexity index is 315. The third-order valence-corrected chi connectivity index (χ3v) is 2.55. The van der Waals surface area contributed by atoms with Crippen LogP contribution in [0.3, 0.4) is 0 Å². The Balaban J connectivity index is 2.63. The highest BCUT2D eigenvalue weighted by Gasteiger charge is 2.01. The molecule has 0 radical (unpaired) electrons. The van der Waals surface area contributed by atoms with E-state index in [1.807, 2.05) is 6.07 Å². The van der Waals surface area contributed by atoms with Crippen LogP contribution in [-0.2, 0) is 11.2 Å². The molecule has 0 saturated heterocycles. The fourth-order valence-corrected chi connectivity index (χ4v) is 1.80. The van der Waals surface area contributed by atoms with E-state index in [0.29, 0.717) is 5.75 Å². The third kappa shape index (κ3) is 3.79. The van der Waals surface area contributed by atoms with Crippen molar-refractivity contribution in [1.29, 1.82) is 0 Å². The number of hydrogen-bond donors (Lipinski definition) is 1. The standard InChI is InChI=1S/C10H11FO2S/c11-4-5-14-9-3-1-2-8(6-9)7-10(12)13/h1-3,6H,4-5,7H2,(H,12,13). The number of hydrogen-bond acceptors (Lipinski definition) is 2. The van der Waals surface area contributed by atoms with E-state index in [0.717, 1.165) is 10.5 Å². The molecule has 76 valence electrons. The predicted octanol–water partition coefficient (Wildman–Crippen LogP) is 2.38. The first kappa shape index (κ1) is 11.0. The van der Waals surface area contributed by atoms with Crippen LogP contribution in [0.15, 0.2) is 29.2 Å². The Labute approximate surface area is 86.1 Å². The van der Waals surface area contributed by atoms with Crippen molar-refractivity contribution in [1.82, 2.24) is 0 Å². The average Bonchev–Trinajstić information content (AvgIpc) is 2.14. The van der Waals surface area contributed by atoms with Crippen molar-refractivity contribution < 1.29 is 14.3 Å². The smallest absolute Gasteiger partial charge is 0.307 e. The number of alkyl halides is 1. The molecule has 0 amide bonds. The second-order valence-corrected chi connectivity index (χ2v) is 3.92. The van der Waals surface area contributed by atoms with Crippen LogP contribution in [0.4, 0.5) is 4.39 Å². The first-order valence-electron chi connectivity index (χ1n) is 4.22. The van der Waals surface area contributed by atoms with Crippen LogP contribution in [0.5, 0.6) is 0 Å². The average molecular weight is 214 g/mol. The van der Waals surface area contributed by atoms with Gasteiger partial charge in [-0.25, -0.2) is 0 Å². The molecule has 0 aliphatic carbocycles. The third-order valence-electron chi connectivity index (χ3n) is 1.60. The molecule has 0 aliphatic heterocycles. The molecule has 2 nitrogen and oxygen atoms in total. The van der Waals surface area contributed by atoms with Crippen LogP contribution in [0, 0.1) is 0 Å². The van der Waals surface area contributed by atoms with E-state index in [9.17, 15) is 9.18 Å². The molecule has 0 unspecified atom stereocenters. The van der Waals surface area contributed by atoms with Gasteiger partial charge >= 0.3 is 5.97 Å². The minimum atomic E-state index is -0.849. The van der Waals surface area contributed by atoms with E-state index in [-0.39, 0.29) is 13.1 Å². The summed E-state index contributed by atoms with van der Waals surface area (Å²) in [6, 6.07) is 7.19. The fraction of sp³-hybridized carbons (Fsp3) is 0.300. The number of thioether (sulfide) groups is 1. The highest BCUT2D eigenvalue weighted by atomic mass is 32.2. The van der Waals surface area contributed by atoms with Gasteiger partial charge in [-0.3, -0.25) is 9.18 Å². The van der Waals surface area contributed by atoms with Crippen molar-refractivity contribution in [2.45, 2.75) is 11.3 Å². The number of carboxylic acid groups (broad SMARTS) is 1. The molecule has 0 bridgehead atoms. The quantitative estimate of drug-likeness (QED) is 0.764. The summed E-state index contributed by atoms with van der Waals surface area (Å²) in [5.74, 6) is -0.436. The van der Waals surface area contributed by atoms with Crippen molar-refractivity contribution in [3.05, 3.63) is 29.8 Å². The Morgan fingerprint density at radius 2 is 2.29 bits per heavy atom. The minimum absolute atomic E-state index is 0.0179. The van der Waals surface area contributed by atoms with E-state index < -0.39 is 5.97 Å². The highest BCUT2D eigenvalue weighted by Crippen LogP contribution is 2.19. The molecule has 0 spiro atoms. The van der Waals surface area contributed by atoms with Gasteiger partial charge in [0.1, 0.15) is 0 Å². The molecular formula is C10H11FO2S. The molecule has 0 aliphatic rings. The lowest BCUT2D eigenvalue weighted by atomic mass is 10.2. The topological polar surface area (TPSA) is 37.3 Å². The van der Waals surface area contributed by atoms with Gasteiger partial charge in [-0.05, 0) is 17.7 Å². The van der Waals surface area contributed by atoms with Gasteiger partial charge in [-0.1, -0.05) is 12.1 Å². The van der Waals surface area contributed by atoms with Crippen molar-refractivity contribution in [2.24, 2.45) is 0 Å². The first-order chi connectivity index (χ1) is 6.72. The van der Waals surface area contributed by atoms with Gasteiger partial charge in [0.2, 0.25) is 0 Å². The lowest BCUT2D eigenvalue weighted by molar-refractivity contribution is -0.136. The zero-order valence-electron chi connectivity index (χ0n) is 7.57. The number of rotatable bonds is 5. The maximum absolute atomic E-state index is 11.9. The molecule has 14 heavy (non-hydrogen) atoms. The Morgan fingerprint density at radius 1 is 1.50 bits per heavy atom. The van der Waals surface area contributed by atoms with Crippen molar-refractivity contribution >= 4 is 17.7 Å². The van der Waals surface area contributed by atoms with Gasteiger partial charge in [0.25, 0.3) is 0 Å². The monoisotopic (exact) mass is 214 g/mol. The van der Waals surface area contributed by atoms with Crippen LogP contribution >= 0.6 is 11.8 Å². The van der Waals surface area contributed by atoms with Crippen LogP contribution in [0.25, 0.3) is 0 Å². The summed E-state index contributed by atoms with van der Waals surface area (Å²) in [4.78, 5) is 11.3. The summed E-state index contributed by atoms with van der Waals surface area (Å²) < 4.78 is 11.9. The highest BCUT2D eigenvalue weighted by molar-refractivity contribution is 7.99. The SMILES string of the molecule is O=C(O)Cc1cccc(SCCF)c1. The molecule has 4 heteroatoms. The summed E-state index contributed by atoms with van der Waals surface area (Å²) in [5.41, 5.74) is 0.751. The van der Waals surface area contributed by atoms with Gasteiger partial charge in [-0.2, -0.15) is 0 Å². The first-order valence-corrected chi connectivity index (χ1v) is 5.20. The summed E-state index contributed by atoms with van der Waals surface area (Å²) in [6.07, 6.45) is 0.0179. The number of halogens is 1. The maximum Gasteiger partial charge on any atom is 0.307 e. The summed E-state index contributed by atoms with van der Waals surface area (Å²) in [7, 11) is 0. The van der Waals surface area contributed by atoms with E-state index in [1.165, 1.54) is 11.8 Å². The lowest BCUT2D eigenvalue weighted by Gasteiger charge is -2.01. The Hall–Kier alpha value is -1.03. The van der Waals surface area contributed by atoms with Crippen LogP contribution in [0.1, 0.15) is 5.56 Å². The predicted molar refractivity (Wildman–Crippen MR) is 54.5 cm³/mol. The maximum atomic E-state index is 11.9. The normalized spacial score (nSPS) is 10.1. The van der Waals surface area contributed by atoms with E-state index in [1.54, 1.807) is 18.2 Å². The molecule has 1 aromatic rings. The Kier molecular flexibility index (Phi) is 4.46. The lowest BCUT2D eigenvalue weighted by Crippen LogP contribution is -1.99. The van der Waals surface area contributed by atoms with Gasteiger partial charge in [0, 0.05) is 10.6 Å². The number of aliphatic carboxylic acids is 1. The summed E-state index contributed by atoms with van der Waals surface area (Å²) >= 11 is 1.39. The molecule has 1 N–H and O–H groups in total. The second kappa shape index (κ2) is 5.65. The van der Waals surface area contributed by atoms with Gasteiger partial charge in [0.05, 0.1) is 13.1 Å². The Morgan fingerprint density at radius 3 is 2.93 bits per heavy atom. The molecule has 0 atom stereocenters. The van der Waals surface area contributed by atoms with Crippen LogP contribution < -0.4 is 0 Å². The zero-order valence-corrected chi connectivity index (χ0v) is 8.39. The number of carbonyl (C=O) groups is 1.